The third-order valence-corrected chi connectivity index (χ3v) is 4.79. The zero-order valence-electron chi connectivity index (χ0n) is 13.7. The first kappa shape index (κ1) is 16.8. The maximum absolute atomic E-state index is 3.39. The van der Waals surface area contributed by atoms with Crippen LogP contribution in [0.1, 0.15) is 17.5 Å². The molecule has 0 saturated heterocycles. The quantitative estimate of drug-likeness (QED) is 0.715. The first-order chi connectivity index (χ1) is 11.4. The van der Waals surface area contributed by atoms with Crippen LogP contribution in [0.5, 0.6) is 0 Å². The van der Waals surface area contributed by atoms with Crippen LogP contribution in [0.3, 0.4) is 0 Å². The molecule has 24 heavy (non-hydrogen) atoms. The molecule has 4 rings (SSSR count). The second-order valence-electron chi connectivity index (χ2n) is 6.26. The summed E-state index contributed by atoms with van der Waals surface area (Å²) in [5, 5.41) is 1.34. The summed E-state index contributed by atoms with van der Waals surface area (Å²) in [5.41, 5.74) is 5.52. The molecule has 0 atom stereocenters. The highest BCUT2D eigenvalue weighted by Crippen LogP contribution is 2.29. The van der Waals surface area contributed by atoms with Gasteiger partial charge in [0.15, 0.2) is 0 Å². The minimum atomic E-state index is 0. The molecular formula is C21H23ClN2. The second-order valence-corrected chi connectivity index (χ2v) is 6.26. The maximum atomic E-state index is 3.39. The van der Waals surface area contributed by atoms with Crippen LogP contribution in [0, 0.1) is 0 Å². The van der Waals surface area contributed by atoms with Gasteiger partial charge in [-0.25, -0.2) is 0 Å². The van der Waals surface area contributed by atoms with Crippen molar-refractivity contribution >= 4 is 28.9 Å². The number of halogens is 1. The molecule has 1 aromatic heterocycles. The summed E-state index contributed by atoms with van der Waals surface area (Å²) in [6, 6.07) is 19.3. The van der Waals surface area contributed by atoms with E-state index in [1.54, 1.807) is 0 Å². The fourth-order valence-corrected chi connectivity index (χ4v) is 3.43. The summed E-state index contributed by atoms with van der Waals surface area (Å²) in [6.07, 6.45) is 6.84. The summed E-state index contributed by atoms with van der Waals surface area (Å²) < 4.78 is 0. The Morgan fingerprint density at radius 3 is 2.54 bits per heavy atom. The molecule has 0 amide bonds. The smallest absolute Gasteiger partial charge is 0.0460 e. The van der Waals surface area contributed by atoms with E-state index in [4.69, 9.17) is 0 Å². The summed E-state index contributed by atoms with van der Waals surface area (Å²) in [7, 11) is 0. The molecule has 1 aliphatic heterocycles. The molecule has 0 fully saturated rings. The number of hydrogen-bond acceptors (Lipinski definition) is 1. The van der Waals surface area contributed by atoms with E-state index in [-0.39, 0.29) is 12.4 Å². The number of aromatic nitrogens is 1. The number of para-hydroxylation sites is 1. The van der Waals surface area contributed by atoms with E-state index < -0.39 is 0 Å². The van der Waals surface area contributed by atoms with Crippen molar-refractivity contribution < 1.29 is 0 Å². The summed E-state index contributed by atoms with van der Waals surface area (Å²) >= 11 is 0. The number of H-pyrrole nitrogens is 1. The normalized spacial score (nSPS) is 15.1. The Morgan fingerprint density at radius 2 is 1.75 bits per heavy atom. The Bertz CT molecular complexity index is 820. The Labute approximate surface area is 149 Å². The Hall–Kier alpha value is -2.03. The van der Waals surface area contributed by atoms with Crippen LogP contribution in [0.15, 0.2) is 66.9 Å². The van der Waals surface area contributed by atoms with Gasteiger partial charge in [0.05, 0.1) is 0 Å². The van der Waals surface area contributed by atoms with Crippen LogP contribution in [-0.2, 0) is 6.42 Å². The van der Waals surface area contributed by atoms with E-state index in [2.05, 4.69) is 76.8 Å². The van der Waals surface area contributed by atoms with Gasteiger partial charge in [-0.2, -0.15) is 0 Å². The van der Waals surface area contributed by atoms with Gasteiger partial charge in [-0.1, -0.05) is 54.6 Å². The van der Waals surface area contributed by atoms with Crippen LogP contribution in [0.2, 0.25) is 0 Å². The van der Waals surface area contributed by atoms with E-state index >= 15 is 0 Å². The third kappa shape index (κ3) is 3.55. The molecular weight excluding hydrogens is 316 g/mol. The van der Waals surface area contributed by atoms with Gasteiger partial charge in [0.2, 0.25) is 0 Å². The van der Waals surface area contributed by atoms with Crippen LogP contribution < -0.4 is 0 Å². The van der Waals surface area contributed by atoms with Crippen LogP contribution >= 0.6 is 12.4 Å². The predicted octanol–water partition coefficient (Wildman–Crippen LogP) is 4.92. The lowest BCUT2D eigenvalue weighted by molar-refractivity contribution is 0.306. The fourth-order valence-electron chi connectivity index (χ4n) is 3.43. The first-order valence-electron chi connectivity index (χ1n) is 8.42. The number of aromatic amines is 1. The Balaban J connectivity index is 0.00000169. The fraction of sp³-hybridized carbons (Fsp3) is 0.238. The molecule has 3 aromatic rings. The van der Waals surface area contributed by atoms with Gasteiger partial charge in [0, 0.05) is 42.3 Å². The number of nitrogens with zero attached hydrogens (tertiary/aromatic N) is 1. The lowest BCUT2D eigenvalue weighted by Gasteiger charge is -2.26. The van der Waals surface area contributed by atoms with E-state index in [0.29, 0.717) is 0 Å². The van der Waals surface area contributed by atoms with Crippen molar-refractivity contribution in [2.24, 2.45) is 0 Å². The summed E-state index contributed by atoms with van der Waals surface area (Å²) in [6.45, 7) is 3.35. The molecule has 0 spiro atoms. The van der Waals surface area contributed by atoms with E-state index in [9.17, 15) is 0 Å². The standard InChI is InChI=1S/C21H22N2.ClH/c1-2-6-17(7-3-1)10-13-23-14-11-18(12-15-23)20-16-22-21-9-5-4-8-19(20)21;/h1-9,11,16,22H,10,12-15H2;1H. The molecule has 1 aliphatic rings. The molecule has 2 nitrogen and oxygen atoms in total. The number of hydrogen-bond donors (Lipinski definition) is 1. The average molecular weight is 339 g/mol. The van der Waals surface area contributed by atoms with Crippen molar-refractivity contribution in [3.8, 4) is 0 Å². The zero-order chi connectivity index (χ0) is 15.5. The van der Waals surface area contributed by atoms with Crippen molar-refractivity contribution in [3.63, 3.8) is 0 Å². The van der Waals surface area contributed by atoms with Crippen molar-refractivity contribution in [2.75, 3.05) is 19.6 Å². The number of nitrogens with one attached hydrogen (secondary N) is 1. The van der Waals surface area contributed by atoms with E-state index in [0.717, 1.165) is 32.5 Å². The molecule has 2 heterocycles. The van der Waals surface area contributed by atoms with Gasteiger partial charge in [0.25, 0.3) is 0 Å². The highest BCUT2D eigenvalue weighted by atomic mass is 35.5. The minimum Gasteiger partial charge on any atom is -0.361 e. The molecule has 3 heteroatoms. The van der Waals surface area contributed by atoms with E-state index in [1.807, 2.05) is 0 Å². The molecule has 0 radical (unpaired) electrons. The first-order valence-corrected chi connectivity index (χ1v) is 8.42. The number of rotatable bonds is 4. The molecule has 0 unspecified atom stereocenters. The van der Waals surface area contributed by atoms with Gasteiger partial charge >= 0.3 is 0 Å². The molecule has 0 saturated carbocycles. The Morgan fingerprint density at radius 1 is 0.958 bits per heavy atom. The van der Waals surface area contributed by atoms with E-state index in [1.165, 1.54) is 27.6 Å². The predicted molar refractivity (Wildman–Crippen MR) is 105 cm³/mol. The Kier molecular flexibility index (Phi) is 5.39. The van der Waals surface area contributed by atoms with Crippen molar-refractivity contribution in [3.05, 3.63) is 78.0 Å². The second kappa shape index (κ2) is 7.69. The number of benzene rings is 2. The van der Waals surface area contributed by atoms with Crippen LogP contribution in [0.25, 0.3) is 16.5 Å². The molecule has 124 valence electrons. The summed E-state index contributed by atoms with van der Waals surface area (Å²) in [5.74, 6) is 0. The zero-order valence-corrected chi connectivity index (χ0v) is 14.6. The summed E-state index contributed by atoms with van der Waals surface area (Å²) in [4.78, 5) is 5.94. The highest BCUT2D eigenvalue weighted by Gasteiger charge is 2.15. The van der Waals surface area contributed by atoms with Crippen molar-refractivity contribution in [1.29, 1.82) is 0 Å². The lowest BCUT2D eigenvalue weighted by Crippen LogP contribution is -2.30. The molecule has 2 aromatic carbocycles. The topological polar surface area (TPSA) is 19.0 Å². The SMILES string of the molecule is C1=C(c2c[nH]c3ccccc23)CCN(CCc2ccccc2)C1.Cl. The molecule has 0 aliphatic carbocycles. The highest BCUT2D eigenvalue weighted by molar-refractivity contribution is 5.92. The maximum Gasteiger partial charge on any atom is 0.0460 e. The molecule has 0 bridgehead atoms. The monoisotopic (exact) mass is 338 g/mol. The number of fused-ring (bicyclic) bond motifs is 1. The largest absolute Gasteiger partial charge is 0.361 e. The van der Waals surface area contributed by atoms with Gasteiger partial charge < -0.3 is 4.98 Å². The molecule has 1 N–H and O–H groups in total. The van der Waals surface area contributed by atoms with Crippen molar-refractivity contribution in [2.45, 2.75) is 12.8 Å². The third-order valence-electron chi connectivity index (χ3n) is 4.79. The van der Waals surface area contributed by atoms with Crippen molar-refractivity contribution in [1.82, 2.24) is 9.88 Å². The average Bonchev–Trinajstić information content (AvgIpc) is 3.05. The minimum absolute atomic E-state index is 0. The van der Waals surface area contributed by atoms with Gasteiger partial charge in [0.1, 0.15) is 0 Å². The van der Waals surface area contributed by atoms with Gasteiger partial charge in [-0.3, -0.25) is 4.90 Å². The van der Waals surface area contributed by atoms with Gasteiger partial charge in [-0.05, 0) is 30.0 Å². The van der Waals surface area contributed by atoms with Crippen LogP contribution in [-0.4, -0.2) is 29.5 Å². The van der Waals surface area contributed by atoms with Gasteiger partial charge in [-0.15, -0.1) is 12.4 Å². The van der Waals surface area contributed by atoms with Crippen LogP contribution in [0.4, 0.5) is 0 Å². The lowest BCUT2D eigenvalue weighted by atomic mass is 9.98.